The highest BCUT2D eigenvalue weighted by molar-refractivity contribution is 7.99. The number of carbonyl (C=O) groups excluding carboxylic acids is 1. The largest absolute Gasteiger partial charge is 0.339 e. The van der Waals surface area contributed by atoms with Gasteiger partial charge in [-0.2, -0.15) is 0 Å². The molecule has 0 spiro atoms. The van der Waals surface area contributed by atoms with Crippen molar-refractivity contribution in [3.05, 3.63) is 87.6 Å². The molecule has 0 aliphatic carbocycles. The molecule has 1 aliphatic rings. The van der Waals surface area contributed by atoms with Crippen LogP contribution in [0.25, 0.3) is 5.69 Å². The summed E-state index contributed by atoms with van der Waals surface area (Å²) in [5.41, 5.74) is 3.80. The van der Waals surface area contributed by atoms with Crippen LogP contribution in [-0.2, 0) is 6.42 Å². The van der Waals surface area contributed by atoms with Gasteiger partial charge in [0.25, 0.3) is 5.91 Å². The number of para-hydroxylation sites is 1. The molecule has 0 fully saturated rings. The number of nitrogens with zero attached hydrogens (tertiary/aromatic N) is 3. The van der Waals surface area contributed by atoms with Crippen LogP contribution in [0, 0.1) is 6.92 Å². The van der Waals surface area contributed by atoms with Crippen LogP contribution in [0.3, 0.4) is 0 Å². The number of benzene rings is 1. The van der Waals surface area contributed by atoms with E-state index in [-0.39, 0.29) is 22.1 Å². The summed E-state index contributed by atoms with van der Waals surface area (Å²) >= 11 is 1.75. The first kappa shape index (κ1) is 20.4. The Morgan fingerprint density at radius 2 is 1.97 bits per heavy atom. The van der Waals surface area contributed by atoms with Crippen LogP contribution >= 0.6 is 11.8 Å². The summed E-state index contributed by atoms with van der Waals surface area (Å²) in [5.74, 6) is -0.192. The van der Waals surface area contributed by atoms with Gasteiger partial charge in [-0.15, -0.1) is 11.8 Å². The molecule has 6 heteroatoms. The van der Waals surface area contributed by atoms with Crippen molar-refractivity contribution in [2.24, 2.45) is 0 Å². The third-order valence-electron chi connectivity index (χ3n) is 5.57. The van der Waals surface area contributed by atoms with Gasteiger partial charge in [-0.3, -0.25) is 14.6 Å². The number of pyridine rings is 2. The monoisotopic (exact) mass is 419 g/mol. The fourth-order valence-electron chi connectivity index (χ4n) is 4.08. The Labute approximate surface area is 180 Å². The van der Waals surface area contributed by atoms with E-state index in [2.05, 4.69) is 27.8 Å². The van der Waals surface area contributed by atoms with Crippen LogP contribution < -0.4 is 5.43 Å². The van der Waals surface area contributed by atoms with E-state index in [4.69, 9.17) is 0 Å². The Hall–Kier alpha value is -2.86. The standard InChI is InChI=1S/C24H25N3O2S/c1-4-26(5-2)24(29)23-19-14-22(17-9-8-12-25-15-17)30-21-11-7-6-10-18(21)27(19)16(3)13-20(23)28/h6-13,15,22H,4-5,14H2,1-3H3. The number of rotatable bonds is 4. The highest BCUT2D eigenvalue weighted by atomic mass is 32.2. The Balaban J connectivity index is 2.00. The van der Waals surface area contributed by atoms with Crippen LogP contribution in [-0.4, -0.2) is 33.4 Å². The van der Waals surface area contributed by atoms with Crippen molar-refractivity contribution in [1.82, 2.24) is 14.5 Å². The molecule has 4 rings (SSSR count). The smallest absolute Gasteiger partial charge is 0.259 e. The highest BCUT2D eigenvalue weighted by Gasteiger charge is 2.30. The number of hydrogen-bond donors (Lipinski definition) is 0. The Morgan fingerprint density at radius 3 is 2.67 bits per heavy atom. The molecule has 30 heavy (non-hydrogen) atoms. The van der Waals surface area contributed by atoms with Gasteiger partial charge < -0.3 is 9.47 Å². The third-order valence-corrected chi connectivity index (χ3v) is 6.89. The van der Waals surface area contributed by atoms with Crippen LogP contribution in [0.5, 0.6) is 0 Å². The number of aryl methyl sites for hydroxylation is 1. The number of carbonyl (C=O) groups is 1. The molecule has 3 aromatic rings. The highest BCUT2D eigenvalue weighted by Crippen LogP contribution is 2.44. The lowest BCUT2D eigenvalue weighted by Crippen LogP contribution is -2.36. The molecule has 1 unspecified atom stereocenters. The molecule has 0 saturated carbocycles. The molecule has 0 bridgehead atoms. The van der Waals surface area contributed by atoms with Crippen molar-refractivity contribution in [3.8, 4) is 5.69 Å². The van der Waals surface area contributed by atoms with Crippen LogP contribution in [0.2, 0.25) is 0 Å². The van der Waals surface area contributed by atoms with Gasteiger partial charge in [-0.1, -0.05) is 18.2 Å². The van der Waals surface area contributed by atoms with Crippen LogP contribution in [0.1, 0.15) is 46.4 Å². The average molecular weight is 420 g/mol. The Bertz CT molecular complexity index is 1140. The molecule has 154 valence electrons. The van der Waals surface area contributed by atoms with Crippen molar-refractivity contribution in [2.75, 3.05) is 13.1 Å². The van der Waals surface area contributed by atoms with Crippen molar-refractivity contribution < 1.29 is 4.79 Å². The molecular formula is C24H25N3O2S. The Kier molecular flexibility index (Phi) is 5.77. The quantitative estimate of drug-likeness (QED) is 0.628. The summed E-state index contributed by atoms with van der Waals surface area (Å²) in [6.45, 7) is 6.95. The molecule has 5 nitrogen and oxygen atoms in total. The van der Waals surface area contributed by atoms with E-state index < -0.39 is 0 Å². The van der Waals surface area contributed by atoms with Crippen LogP contribution in [0.15, 0.2) is 64.5 Å². The Morgan fingerprint density at radius 1 is 1.20 bits per heavy atom. The minimum absolute atomic E-state index is 0.0538. The zero-order valence-electron chi connectivity index (χ0n) is 17.5. The molecule has 0 radical (unpaired) electrons. The van der Waals surface area contributed by atoms with E-state index in [0.717, 1.165) is 27.5 Å². The normalized spacial score (nSPS) is 15.1. The SMILES string of the molecule is CCN(CC)C(=O)c1c2n(c(C)cc1=O)-c1ccccc1SC(c1cccnc1)C2. The molecule has 1 amide bonds. The molecule has 1 aliphatic heterocycles. The summed E-state index contributed by atoms with van der Waals surface area (Å²) in [6, 6.07) is 13.8. The molecule has 0 N–H and O–H groups in total. The zero-order valence-corrected chi connectivity index (χ0v) is 18.3. The number of amides is 1. The van der Waals surface area contributed by atoms with Gasteiger partial charge in [0.2, 0.25) is 0 Å². The summed E-state index contributed by atoms with van der Waals surface area (Å²) in [6.07, 6.45) is 4.21. The fraction of sp³-hybridized carbons (Fsp3) is 0.292. The van der Waals surface area contributed by atoms with Gasteiger partial charge in [0, 0.05) is 59.5 Å². The van der Waals surface area contributed by atoms with Gasteiger partial charge in [-0.05, 0) is 44.5 Å². The molecule has 1 aromatic carbocycles. The topological polar surface area (TPSA) is 55.2 Å². The maximum atomic E-state index is 13.4. The number of fused-ring (bicyclic) bond motifs is 3. The van der Waals surface area contributed by atoms with E-state index in [0.29, 0.717) is 19.5 Å². The first-order valence-corrected chi connectivity index (χ1v) is 11.1. The number of thioether (sulfide) groups is 1. The lowest BCUT2D eigenvalue weighted by atomic mass is 10.0. The summed E-state index contributed by atoms with van der Waals surface area (Å²) in [5, 5.41) is 0.0538. The summed E-state index contributed by atoms with van der Waals surface area (Å²) in [7, 11) is 0. The average Bonchev–Trinajstić information content (AvgIpc) is 2.92. The summed E-state index contributed by atoms with van der Waals surface area (Å²) < 4.78 is 2.09. The summed E-state index contributed by atoms with van der Waals surface area (Å²) in [4.78, 5) is 33.6. The minimum Gasteiger partial charge on any atom is -0.339 e. The van der Waals surface area contributed by atoms with Crippen molar-refractivity contribution in [3.63, 3.8) is 0 Å². The van der Waals surface area contributed by atoms with Gasteiger partial charge in [0.05, 0.1) is 5.69 Å². The molecule has 1 atom stereocenters. The predicted molar refractivity (Wildman–Crippen MR) is 121 cm³/mol. The van der Waals surface area contributed by atoms with E-state index in [1.807, 2.05) is 45.2 Å². The van der Waals surface area contributed by atoms with E-state index in [1.54, 1.807) is 28.9 Å². The second-order valence-corrected chi connectivity index (χ2v) is 8.59. The lowest BCUT2D eigenvalue weighted by molar-refractivity contribution is 0.0769. The molecule has 2 aromatic heterocycles. The number of aromatic nitrogens is 2. The molecule has 0 saturated heterocycles. The third kappa shape index (κ3) is 3.56. The zero-order chi connectivity index (χ0) is 21.3. The maximum absolute atomic E-state index is 13.4. The van der Waals surface area contributed by atoms with Gasteiger partial charge >= 0.3 is 0 Å². The van der Waals surface area contributed by atoms with Gasteiger partial charge in [-0.25, -0.2) is 0 Å². The van der Waals surface area contributed by atoms with Crippen LogP contribution in [0.4, 0.5) is 0 Å². The van der Waals surface area contributed by atoms with Gasteiger partial charge in [0.15, 0.2) is 5.43 Å². The fourth-order valence-corrected chi connectivity index (χ4v) is 5.34. The first-order valence-electron chi connectivity index (χ1n) is 10.3. The lowest BCUT2D eigenvalue weighted by Gasteiger charge is -2.24. The van der Waals surface area contributed by atoms with Crippen molar-refractivity contribution in [2.45, 2.75) is 37.3 Å². The predicted octanol–water partition coefficient (Wildman–Crippen LogP) is 4.41. The van der Waals surface area contributed by atoms with Gasteiger partial charge in [0.1, 0.15) is 5.56 Å². The minimum atomic E-state index is -0.204. The number of hydrogen-bond acceptors (Lipinski definition) is 4. The second-order valence-electron chi connectivity index (χ2n) is 7.35. The van der Waals surface area contributed by atoms with E-state index in [9.17, 15) is 9.59 Å². The maximum Gasteiger partial charge on any atom is 0.259 e. The van der Waals surface area contributed by atoms with E-state index >= 15 is 0 Å². The van der Waals surface area contributed by atoms with Crippen molar-refractivity contribution >= 4 is 17.7 Å². The van der Waals surface area contributed by atoms with E-state index in [1.165, 1.54) is 0 Å². The second kappa shape index (κ2) is 8.48. The van der Waals surface area contributed by atoms with Crippen molar-refractivity contribution in [1.29, 1.82) is 0 Å². The first-order chi connectivity index (χ1) is 14.5. The molecular weight excluding hydrogens is 394 g/mol. The molecule has 3 heterocycles.